The molecule has 1 heterocycles. The van der Waals surface area contributed by atoms with Gasteiger partial charge in [0.1, 0.15) is 0 Å². The van der Waals surface area contributed by atoms with Crippen LogP contribution in [0, 0.1) is 5.92 Å². The molecule has 88 valence electrons. The van der Waals surface area contributed by atoms with Crippen LogP contribution in [0.15, 0.2) is 0 Å². The molecule has 1 aliphatic carbocycles. The maximum Gasteiger partial charge on any atom is 0.157 e. The van der Waals surface area contributed by atoms with E-state index < -0.39 is 0 Å². The van der Waals surface area contributed by atoms with Gasteiger partial charge >= 0.3 is 0 Å². The summed E-state index contributed by atoms with van der Waals surface area (Å²) in [7, 11) is 0. The second-order valence-corrected chi connectivity index (χ2v) is 6.04. The first-order valence-corrected chi connectivity index (χ1v) is 7.13. The molecule has 0 bridgehead atoms. The molecule has 2 rings (SSSR count). The van der Waals surface area contributed by atoms with E-state index >= 15 is 0 Å². The summed E-state index contributed by atoms with van der Waals surface area (Å²) in [5, 5.41) is 0. The molecule has 1 unspecified atom stereocenters. The van der Waals surface area contributed by atoms with Crippen molar-refractivity contribution in [2.45, 2.75) is 56.1 Å². The van der Waals surface area contributed by atoms with E-state index in [1.165, 1.54) is 38.5 Å². The first kappa shape index (κ1) is 11.9. The van der Waals surface area contributed by atoms with Crippen molar-refractivity contribution in [2.24, 2.45) is 5.92 Å². The van der Waals surface area contributed by atoms with Crippen molar-refractivity contribution in [3.8, 4) is 0 Å². The van der Waals surface area contributed by atoms with E-state index in [9.17, 15) is 0 Å². The van der Waals surface area contributed by atoms with Crippen LogP contribution in [0.25, 0.3) is 0 Å². The van der Waals surface area contributed by atoms with Gasteiger partial charge in [-0.25, -0.2) is 0 Å². The standard InChI is InChI=1S/C12H21BrO2/c13-11-6-4-10(5-7-11)9-15-12-3-1-2-8-14-12/h10-12H,1-9H2. The van der Waals surface area contributed by atoms with Crippen molar-refractivity contribution < 1.29 is 9.47 Å². The minimum Gasteiger partial charge on any atom is -0.353 e. The first-order valence-electron chi connectivity index (χ1n) is 6.22. The van der Waals surface area contributed by atoms with Crippen LogP contribution >= 0.6 is 15.9 Å². The van der Waals surface area contributed by atoms with E-state index in [4.69, 9.17) is 9.47 Å². The van der Waals surface area contributed by atoms with Gasteiger partial charge in [-0.1, -0.05) is 15.9 Å². The molecule has 3 heteroatoms. The van der Waals surface area contributed by atoms with Crippen molar-refractivity contribution >= 4 is 15.9 Å². The Hall–Kier alpha value is 0.400. The lowest BCUT2D eigenvalue weighted by molar-refractivity contribution is -0.170. The molecule has 0 aromatic carbocycles. The zero-order valence-electron chi connectivity index (χ0n) is 9.29. The zero-order chi connectivity index (χ0) is 10.5. The summed E-state index contributed by atoms with van der Waals surface area (Å²) in [5.41, 5.74) is 0. The van der Waals surface area contributed by atoms with Crippen LogP contribution in [0.2, 0.25) is 0 Å². The third-order valence-electron chi connectivity index (χ3n) is 3.43. The largest absolute Gasteiger partial charge is 0.353 e. The minimum absolute atomic E-state index is 0.0976. The van der Waals surface area contributed by atoms with Gasteiger partial charge in [0.15, 0.2) is 6.29 Å². The highest BCUT2D eigenvalue weighted by Crippen LogP contribution is 2.29. The monoisotopic (exact) mass is 276 g/mol. The van der Waals surface area contributed by atoms with Gasteiger partial charge < -0.3 is 9.47 Å². The summed E-state index contributed by atoms with van der Waals surface area (Å²) in [4.78, 5) is 0.750. The Morgan fingerprint density at radius 2 is 1.87 bits per heavy atom. The van der Waals surface area contributed by atoms with Gasteiger partial charge in [0, 0.05) is 11.4 Å². The molecule has 2 nitrogen and oxygen atoms in total. The van der Waals surface area contributed by atoms with Crippen LogP contribution in [0.4, 0.5) is 0 Å². The minimum atomic E-state index is 0.0976. The normalized spacial score (nSPS) is 37.8. The highest BCUT2D eigenvalue weighted by molar-refractivity contribution is 9.09. The van der Waals surface area contributed by atoms with Gasteiger partial charge in [0.25, 0.3) is 0 Å². The number of ether oxygens (including phenoxy) is 2. The molecule has 2 fully saturated rings. The number of halogens is 1. The fraction of sp³-hybridized carbons (Fsp3) is 1.00. The number of hydrogen-bond acceptors (Lipinski definition) is 2. The molecule has 0 amide bonds. The summed E-state index contributed by atoms with van der Waals surface area (Å²) in [6.07, 6.45) is 8.88. The van der Waals surface area contributed by atoms with E-state index in [1.54, 1.807) is 0 Å². The second kappa shape index (κ2) is 6.21. The van der Waals surface area contributed by atoms with Crippen molar-refractivity contribution in [3.63, 3.8) is 0 Å². The van der Waals surface area contributed by atoms with Crippen LogP contribution in [-0.4, -0.2) is 24.3 Å². The van der Waals surface area contributed by atoms with Crippen LogP contribution in [0.3, 0.4) is 0 Å². The molecule has 0 radical (unpaired) electrons. The molecule has 0 aromatic rings. The molecular formula is C12H21BrO2. The average Bonchev–Trinajstić information content (AvgIpc) is 2.30. The first-order chi connectivity index (χ1) is 7.34. The summed E-state index contributed by atoms with van der Waals surface area (Å²) in [5.74, 6) is 0.768. The number of hydrogen-bond donors (Lipinski definition) is 0. The lowest BCUT2D eigenvalue weighted by Gasteiger charge is -2.28. The van der Waals surface area contributed by atoms with E-state index in [0.29, 0.717) is 0 Å². The Kier molecular flexibility index (Phi) is 4.92. The van der Waals surface area contributed by atoms with Gasteiger partial charge in [-0.3, -0.25) is 0 Å². The topological polar surface area (TPSA) is 18.5 Å². The third-order valence-corrected chi connectivity index (χ3v) is 4.35. The highest BCUT2D eigenvalue weighted by atomic mass is 79.9. The van der Waals surface area contributed by atoms with Crippen molar-refractivity contribution in [1.82, 2.24) is 0 Å². The Balaban J connectivity index is 1.60. The van der Waals surface area contributed by atoms with Gasteiger partial charge in [-0.2, -0.15) is 0 Å². The Labute approximate surface area is 101 Å². The predicted octanol–water partition coefficient (Wildman–Crippen LogP) is 3.48. The predicted molar refractivity (Wildman–Crippen MR) is 64.2 cm³/mol. The summed E-state index contributed by atoms with van der Waals surface area (Å²) in [6, 6.07) is 0. The molecule has 2 aliphatic rings. The van der Waals surface area contributed by atoms with Crippen molar-refractivity contribution in [1.29, 1.82) is 0 Å². The molecule has 15 heavy (non-hydrogen) atoms. The Morgan fingerprint density at radius 3 is 2.53 bits per heavy atom. The lowest BCUT2D eigenvalue weighted by Crippen LogP contribution is -2.26. The van der Waals surface area contributed by atoms with Gasteiger partial charge in [-0.05, 0) is 50.9 Å². The summed E-state index contributed by atoms with van der Waals surface area (Å²) in [6.45, 7) is 1.79. The molecule has 0 aromatic heterocycles. The number of rotatable bonds is 3. The smallest absolute Gasteiger partial charge is 0.157 e. The van der Waals surface area contributed by atoms with Crippen molar-refractivity contribution in [3.05, 3.63) is 0 Å². The SMILES string of the molecule is BrC1CCC(COC2CCCCO2)CC1. The fourth-order valence-corrected chi connectivity index (χ4v) is 2.90. The van der Waals surface area contributed by atoms with E-state index in [1.807, 2.05) is 0 Å². The Bertz CT molecular complexity index is 172. The van der Waals surface area contributed by atoms with Gasteiger partial charge in [-0.15, -0.1) is 0 Å². The van der Waals surface area contributed by atoms with Crippen LogP contribution in [-0.2, 0) is 9.47 Å². The lowest BCUT2D eigenvalue weighted by atomic mass is 9.90. The van der Waals surface area contributed by atoms with E-state index in [2.05, 4.69) is 15.9 Å². The van der Waals surface area contributed by atoms with E-state index in [-0.39, 0.29) is 6.29 Å². The van der Waals surface area contributed by atoms with Crippen LogP contribution in [0.1, 0.15) is 44.9 Å². The quantitative estimate of drug-likeness (QED) is 0.735. The third kappa shape index (κ3) is 4.04. The average molecular weight is 277 g/mol. The zero-order valence-corrected chi connectivity index (χ0v) is 10.9. The summed E-state index contributed by atoms with van der Waals surface area (Å²) < 4.78 is 11.4. The van der Waals surface area contributed by atoms with E-state index in [0.717, 1.165) is 30.4 Å². The molecule has 0 spiro atoms. The number of alkyl halides is 1. The van der Waals surface area contributed by atoms with Gasteiger partial charge in [0.2, 0.25) is 0 Å². The second-order valence-electron chi connectivity index (χ2n) is 4.75. The maximum atomic E-state index is 5.82. The summed E-state index contributed by atoms with van der Waals surface area (Å²) >= 11 is 3.68. The van der Waals surface area contributed by atoms with Gasteiger partial charge in [0.05, 0.1) is 6.61 Å². The molecule has 1 saturated heterocycles. The fourth-order valence-electron chi connectivity index (χ4n) is 2.37. The molecule has 1 atom stereocenters. The highest BCUT2D eigenvalue weighted by Gasteiger charge is 2.21. The maximum absolute atomic E-state index is 5.82. The molecule has 0 N–H and O–H groups in total. The molecule has 1 aliphatic heterocycles. The van der Waals surface area contributed by atoms with Crippen LogP contribution < -0.4 is 0 Å². The Morgan fingerprint density at radius 1 is 1.07 bits per heavy atom. The molecule has 1 saturated carbocycles. The molecular weight excluding hydrogens is 256 g/mol. The van der Waals surface area contributed by atoms with Crippen molar-refractivity contribution in [2.75, 3.05) is 13.2 Å². The van der Waals surface area contributed by atoms with Crippen LogP contribution in [0.5, 0.6) is 0 Å².